The quantitative estimate of drug-likeness (QED) is 0.749. The Labute approximate surface area is 108 Å². The lowest BCUT2D eigenvalue weighted by Gasteiger charge is -2.28. The minimum atomic E-state index is 0.0362. The Balaban J connectivity index is 1.84. The molecule has 1 aromatic rings. The highest BCUT2D eigenvalue weighted by Gasteiger charge is 2.39. The van der Waals surface area contributed by atoms with Gasteiger partial charge in [-0.3, -0.25) is 4.79 Å². The van der Waals surface area contributed by atoms with Crippen LogP contribution in [0.3, 0.4) is 0 Å². The Kier molecular flexibility index (Phi) is 2.54. The van der Waals surface area contributed by atoms with Gasteiger partial charge in [0.05, 0.1) is 0 Å². The summed E-state index contributed by atoms with van der Waals surface area (Å²) in [4.78, 5) is 12.1. The normalized spacial score (nSPS) is 25.9. The Morgan fingerprint density at radius 1 is 1.17 bits per heavy atom. The number of rotatable bonds is 1. The van der Waals surface area contributed by atoms with Crippen LogP contribution in [-0.4, -0.2) is 5.78 Å². The second-order valence-electron chi connectivity index (χ2n) is 6.06. The molecule has 0 radical (unpaired) electrons. The molecule has 2 nitrogen and oxygen atoms in total. The number of allylic oxidation sites excluding steroid dienone is 1. The number of Topliss-reactive ketones (excluding diaryl/α,β-unsaturated/α-hetero) is 1. The van der Waals surface area contributed by atoms with Gasteiger partial charge in [-0.2, -0.15) is 0 Å². The van der Waals surface area contributed by atoms with Crippen molar-refractivity contribution < 1.29 is 9.53 Å². The van der Waals surface area contributed by atoms with Crippen LogP contribution >= 0.6 is 0 Å². The molecule has 1 heterocycles. The fraction of sp³-hybridized carbons (Fsp3) is 0.438. The molecule has 0 saturated heterocycles. The van der Waals surface area contributed by atoms with E-state index in [1.165, 1.54) is 0 Å². The van der Waals surface area contributed by atoms with Gasteiger partial charge in [-0.25, -0.2) is 0 Å². The highest BCUT2D eigenvalue weighted by Crippen LogP contribution is 2.46. The van der Waals surface area contributed by atoms with Crippen molar-refractivity contribution in [3.63, 3.8) is 0 Å². The molecule has 1 aliphatic heterocycles. The molecule has 0 saturated carbocycles. The molecular weight excluding hydrogens is 224 g/mol. The highest BCUT2D eigenvalue weighted by atomic mass is 16.5. The molecule has 0 fully saturated rings. The third kappa shape index (κ3) is 1.96. The number of benzene rings is 1. The van der Waals surface area contributed by atoms with Crippen LogP contribution in [0.2, 0.25) is 0 Å². The Morgan fingerprint density at radius 2 is 1.89 bits per heavy atom. The second kappa shape index (κ2) is 3.98. The van der Waals surface area contributed by atoms with Gasteiger partial charge in [0, 0.05) is 24.8 Å². The van der Waals surface area contributed by atoms with E-state index in [4.69, 9.17) is 4.74 Å². The van der Waals surface area contributed by atoms with E-state index in [1.54, 1.807) is 0 Å². The van der Waals surface area contributed by atoms with Crippen molar-refractivity contribution in [1.29, 1.82) is 0 Å². The number of hydrogen-bond acceptors (Lipinski definition) is 2. The summed E-state index contributed by atoms with van der Waals surface area (Å²) < 4.78 is 6.02. The van der Waals surface area contributed by atoms with E-state index in [9.17, 15) is 4.79 Å². The Morgan fingerprint density at radius 3 is 2.61 bits per heavy atom. The van der Waals surface area contributed by atoms with Crippen molar-refractivity contribution in [2.75, 3.05) is 0 Å². The van der Waals surface area contributed by atoms with Gasteiger partial charge >= 0.3 is 0 Å². The lowest BCUT2D eigenvalue weighted by molar-refractivity contribution is -0.118. The topological polar surface area (TPSA) is 26.3 Å². The molecule has 18 heavy (non-hydrogen) atoms. The summed E-state index contributed by atoms with van der Waals surface area (Å²) in [5, 5.41) is 0. The predicted molar refractivity (Wildman–Crippen MR) is 69.9 cm³/mol. The van der Waals surface area contributed by atoms with E-state index < -0.39 is 0 Å². The van der Waals surface area contributed by atoms with E-state index in [-0.39, 0.29) is 17.3 Å². The smallest absolute Gasteiger partial charge is 0.162 e. The van der Waals surface area contributed by atoms with Gasteiger partial charge in [-0.1, -0.05) is 44.2 Å². The van der Waals surface area contributed by atoms with Gasteiger partial charge < -0.3 is 4.74 Å². The number of ether oxygens (including phenoxy) is 1. The van der Waals surface area contributed by atoms with Crippen molar-refractivity contribution in [1.82, 2.24) is 0 Å². The summed E-state index contributed by atoms with van der Waals surface area (Å²) in [5.74, 6) is 1.21. The number of hydrogen-bond donors (Lipinski definition) is 0. The molecule has 1 atom stereocenters. The van der Waals surface area contributed by atoms with Crippen LogP contribution in [0.15, 0.2) is 41.7 Å². The SMILES string of the molecule is CC1(C)CC(=O)C2=C(C1)OC(c1ccccc1)C2. The van der Waals surface area contributed by atoms with E-state index >= 15 is 0 Å². The third-order valence-electron chi connectivity index (χ3n) is 3.80. The van der Waals surface area contributed by atoms with Gasteiger partial charge in [-0.05, 0) is 11.0 Å². The lowest BCUT2D eigenvalue weighted by Crippen LogP contribution is -2.24. The number of ketones is 1. The van der Waals surface area contributed by atoms with Crippen LogP contribution in [0.5, 0.6) is 0 Å². The minimum absolute atomic E-state index is 0.0362. The monoisotopic (exact) mass is 242 g/mol. The first-order valence-corrected chi connectivity index (χ1v) is 6.52. The molecule has 0 spiro atoms. The second-order valence-corrected chi connectivity index (χ2v) is 6.06. The third-order valence-corrected chi connectivity index (χ3v) is 3.80. The van der Waals surface area contributed by atoms with E-state index in [0.717, 1.165) is 29.7 Å². The fourth-order valence-electron chi connectivity index (χ4n) is 2.89. The molecule has 0 aromatic heterocycles. The minimum Gasteiger partial charge on any atom is -0.489 e. The van der Waals surface area contributed by atoms with Crippen LogP contribution in [-0.2, 0) is 9.53 Å². The maximum Gasteiger partial charge on any atom is 0.162 e. The molecule has 0 N–H and O–H groups in total. The zero-order chi connectivity index (χ0) is 12.8. The van der Waals surface area contributed by atoms with Crippen LogP contribution in [0.1, 0.15) is 44.8 Å². The predicted octanol–water partition coefficient (Wildman–Crippen LogP) is 3.79. The Hall–Kier alpha value is -1.57. The molecule has 0 amide bonds. The van der Waals surface area contributed by atoms with Crippen LogP contribution in [0, 0.1) is 5.41 Å². The van der Waals surface area contributed by atoms with Crippen LogP contribution in [0.4, 0.5) is 0 Å². The van der Waals surface area contributed by atoms with Crippen molar-refractivity contribution in [3.05, 3.63) is 47.2 Å². The zero-order valence-corrected chi connectivity index (χ0v) is 10.9. The first-order valence-electron chi connectivity index (χ1n) is 6.52. The van der Waals surface area contributed by atoms with Crippen LogP contribution < -0.4 is 0 Å². The molecule has 1 aromatic carbocycles. The first-order chi connectivity index (χ1) is 8.55. The van der Waals surface area contributed by atoms with E-state index in [2.05, 4.69) is 26.0 Å². The summed E-state index contributed by atoms with van der Waals surface area (Å²) in [6.07, 6.45) is 2.32. The van der Waals surface area contributed by atoms with Gasteiger partial charge in [-0.15, -0.1) is 0 Å². The average molecular weight is 242 g/mol. The van der Waals surface area contributed by atoms with Gasteiger partial charge in [0.25, 0.3) is 0 Å². The van der Waals surface area contributed by atoms with Crippen molar-refractivity contribution in [2.45, 2.75) is 39.2 Å². The van der Waals surface area contributed by atoms with Crippen molar-refractivity contribution in [3.8, 4) is 0 Å². The average Bonchev–Trinajstić information content (AvgIpc) is 2.72. The molecule has 3 rings (SSSR count). The molecule has 2 heteroatoms. The summed E-state index contributed by atoms with van der Waals surface area (Å²) in [5.41, 5.74) is 2.14. The zero-order valence-electron chi connectivity index (χ0n) is 10.9. The summed E-state index contributed by atoms with van der Waals surface area (Å²) in [7, 11) is 0. The molecule has 1 unspecified atom stereocenters. The lowest BCUT2D eigenvalue weighted by atomic mass is 9.76. The summed E-state index contributed by atoms with van der Waals surface area (Å²) in [6, 6.07) is 10.2. The standard InChI is InChI=1S/C16H18O2/c1-16(2)9-13(17)12-8-14(18-15(12)10-16)11-6-4-3-5-7-11/h3-7,14H,8-10H2,1-2H3. The molecular formula is C16H18O2. The summed E-state index contributed by atoms with van der Waals surface area (Å²) >= 11 is 0. The Bertz CT molecular complexity index is 511. The maximum atomic E-state index is 12.1. The highest BCUT2D eigenvalue weighted by molar-refractivity contribution is 5.97. The molecule has 1 aliphatic carbocycles. The maximum absolute atomic E-state index is 12.1. The first kappa shape index (κ1) is 11.5. The number of carbonyl (C=O) groups is 1. The number of carbonyl (C=O) groups excluding carboxylic acids is 1. The van der Waals surface area contributed by atoms with E-state index in [0.29, 0.717) is 6.42 Å². The van der Waals surface area contributed by atoms with Crippen molar-refractivity contribution >= 4 is 5.78 Å². The van der Waals surface area contributed by atoms with Crippen LogP contribution in [0.25, 0.3) is 0 Å². The van der Waals surface area contributed by atoms with E-state index in [1.807, 2.05) is 18.2 Å². The molecule has 2 aliphatic rings. The largest absolute Gasteiger partial charge is 0.489 e. The molecule has 0 bridgehead atoms. The van der Waals surface area contributed by atoms with Crippen molar-refractivity contribution in [2.24, 2.45) is 5.41 Å². The van der Waals surface area contributed by atoms with Gasteiger partial charge in [0.1, 0.15) is 11.9 Å². The fourth-order valence-corrected chi connectivity index (χ4v) is 2.89. The van der Waals surface area contributed by atoms with Gasteiger partial charge in [0.15, 0.2) is 5.78 Å². The van der Waals surface area contributed by atoms with Gasteiger partial charge in [0.2, 0.25) is 0 Å². The molecule has 94 valence electrons. The summed E-state index contributed by atoms with van der Waals surface area (Å²) in [6.45, 7) is 4.27.